The van der Waals surface area contributed by atoms with Crippen LogP contribution >= 0.6 is 0 Å². The molecule has 1 atom stereocenters. The van der Waals surface area contributed by atoms with Gasteiger partial charge in [0.05, 0.1) is 6.10 Å². The first-order valence-electron chi connectivity index (χ1n) is 5.39. The third kappa shape index (κ3) is 11.8. The summed E-state index contributed by atoms with van der Waals surface area (Å²) in [6.07, 6.45) is 3.42. The van der Waals surface area contributed by atoms with Crippen molar-refractivity contribution in [1.82, 2.24) is 0 Å². The molecule has 0 aliphatic carbocycles. The van der Waals surface area contributed by atoms with Crippen LogP contribution in [0.15, 0.2) is 0 Å². The number of hydrogen-bond donors (Lipinski definition) is 1. The zero-order valence-corrected chi connectivity index (χ0v) is 10.4. The molecule has 0 radical (unpaired) electrons. The highest BCUT2D eigenvalue weighted by Gasteiger charge is 2.07. The lowest BCUT2D eigenvalue weighted by Crippen LogP contribution is -2.11. The highest BCUT2D eigenvalue weighted by atomic mass is 32.2. The van der Waals surface area contributed by atoms with Gasteiger partial charge in [0.15, 0.2) is 0 Å². The topological polar surface area (TPSA) is 63.6 Å². The van der Waals surface area contributed by atoms with Crippen LogP contribution in [0.2, 0.25) is 0 Å². The quantitative estimate of drug-likeness (QED) is 0.608. The number of aliphatic hydroxyl groups excluding tert-OH is 1. The van der Waals surface area contributed by atoms with Gasteiger partial charge in [-0.25, -0.2) is 8.42 Å². The Labute approximate surface area is 92.6 Å². The van der Waals surface area contributed by atoms with Gasteiger partial charge in [-0.2, -0.15) is 0 Å². The normalized spacial score (nSPS) is 14.1. The van der Waals surface area contributed by atoms with Crippen molar-refractivity contribution >= 4 is 9.84 Å². The number of aliphatic hydroxyl groups is 1. The minimum Gasteiger partial charge on any atom is -0.393 e. The smallest absolute Gasteiger partial charge is 0.147 e. The van der Waals surface area contributed by atoms with Crippen LogP contribution in [0.3, 0.4) is 0 Å². The number of sulfone groups is 1. The van der Waals surface area contributed by atoms with Crippen molar-refractivity contribution in [3.05, 3.63) is 0 Å². The Morgan fingerprint density at radius 3 is 2.40 bits per heavy atom. The second-order valence-corrected chi connectivity index (χ2v) is 6.02. The minimum absolute atomic E-state index is 0.162. The Morgan fingerprint density at radius 2 is 1.87 bits per heavy atom. The molecule has 0 rings (SSSR count). The van der Waals surface area contributed by atoms with Crippen LogP contribution in [0.4, 0.5) is 0 Å². The van der Waals surface area contributed by atoms with Gasteiger partial charge in [0.1, 0.15) is 9.84 Å². The molecule has 0 aliphatic heterocycles. The average molecular weight is 238 g/mol. The summed E-state index contributed by atoms with van der Waals surface area (Å²) in [5.74, 6) is 0.162. The molecule has 0 aromatic rings. The third-order valence-corrected chi connectivity index (χ3v) is 3.11. The van der Waals surface area contributed by atoms with E-state index in [2.05, 4.69) is 0 Å². The average Bonchev–Trinajstić information content (AvgIpc) is 2.10. The molecule has 0 fully saturated rings. The Morgan fingerprint density at radius 1 is 1.27 bits per heavy atom. The van der Waals surface area contributed by atoms with Crippen LogP contribution < -0.4 is 0 Å². The largest absolute Gasteiger partial charge is 0.393 e. The van der Waals surface area contributed by atoms with Crippen LogP contribution in [0.1, 0.15) is 32.6 Å². The van der Waals surface area contributed by atoms with E-state index in [1.807, 2.05) is 6.92 Å². The molecule has 0 aliphatic rings. The van der Waals surface area contributed by atoms with Gasteiger partial charge in [-0.05, 0) is 32.6 Å². The molecule has 0 saturated carbocycles. The summed E-state index contributed by atoms with van der Waals surface area (Å²) in [4.78, 5) is 0. The molecule has 15 heavy (non-hydrogen) atoms. The van der Waals surface area contributed by atoms with Crippen LogP contribution in [0.5, 0.6) is 0 Å². The molecule has 0 spiro atoms. The van der Waals surface area contributed by atoms with E-state index >= 15 is 0 Å². The molecular weight excluding hydrogens is 216 g/mol. The molecule has 0 heterocycles. The summed E-state index contributed by atoms with van der Waals surface area (Å²) >= 11 is 0. The number of ether oxygens (including phenoxy) is 1. The van der Waals surface area contributed by atoms with E-state index in [1.165, 1.54) is 6.26 Å². The molecule has 0 bridgehead atoms. The van der Waals surface area contributed by atoms with Crippen molar-refractivity contribution in [2.24, 2.45) is 0 Å². The maximum Gasteiger partial charge on any atom is 0.147 e. The highest BCUT2D eigenvalue weighted by molar-refractivity contribution is 7.90. The minimum atomic E-state index is -2.88. The van der Waals surface area contributed by atoms with Gasteiger partial charge in [-0.3, -0.25) is 0 Å². The van der Waals surface area contributed by atoms with Crippen molar-refractivity contribution in [2.75, 3.05) is 25.2 Å². The number of hydrogen-bond acceptors (Lipinski definition) is 4. The zero-order chi connectivity index (χ0) is 11.7. The predicted molar refractivity (Wildman–Crippen MR) is 60.7 cm³/mol. The van der Waals surface area contributed by atoms with Crippen LogP contribution in [0.25, 0.3) is 0 Å². The van der Waals surface area contributed by atoms with E-state index in [4.69, 9.17) is 4.74 Å². The van der Waals surface area contributed by atoms with Crippen molar-refractivity contribution < 1.29 is 18.3 Å². The Kier molecular flexibility index (Phi) is 8.00. The van der Waals surface area contributed by atoms with E-state index in [9.17, 15) is 13.5 Å². The summed E-state index contributed by atoms with van der Waals surface area (Å²) in [6.45, 7) is 3.30. The van der Waals surface area contributed by atoms with Gasteiger partial charge in [0.2, 0.25) is 0 Å². The predicted octanol–water partition coefficient (Wildman–Crippen LogP) is 0.989. The fraction of sp³-hybridized carbons (Fsp3) is 1.00. The van der Waals surface area contributed by atoms with E-state index in [0.29, 0.717) is 32.5 Å². The lowest BCUT2D eigenvalue weighted by molar-refractivity contribution is 0.110. The summed E-state index contributed by atoms with van der Waals surface area (Å²) < 4.78 is 26.8. The number of rotatable bonds is 9. The van der Waals surface area contributed by atoms with Crippen LogP contribution in [0, 0.1) is 0 Å². The summed E-state index contributed by atoms with van der Waals surface area (Å²) in [7, 11) is -2.88. The van der Waals surface area contributed by atoms with Crippen LogP contribution in [-0.2, 0) is 14.6 Å². The van der Waals surface area contributed by atoms with Gasteiger partial charge in [-0.1, -0.05) is 0 Å². The zero-order valence-electron chi connectivity index (χ0n) is 9.61. The van der Waals surface area contributed by atoms with Gasteiger partial charge >= 0.3 is 0 Å². The maximum atomic E-state index is 10.8. The first-order valence-corrected chi connectivity index (χ1v) is 7.45. The molecule has 0 aromatic heterocycles. The molecule has 4 nitrogen and oxygen atoms in total. The van der Waals surface area contributed by atoms with E-state index in [1.54, 1.807) is 0 Å². The molecule has 1 unspecified atom stereocenters. The summed E-state index contributed by atoms with van der Waals surface area (Å²) in [6, 6.07) is 0. The molecule has 0 aromatic carbocycles. The van der Waals surface area contributed by atoms with E-state index in [-0.39, 0.29) is 5.75 Å². The van der Waals surface area contributed by atoms with Crippen molar-refractivity contribution in [2.45, 2.75) is 38.7 Å². The molecule has 92 valence electrons. The maximum absolute atomic E-state index is 10.8. The lowest BCUT2D eigenvalue weighted by atomic mass is 10.1. The lowest BCUT2D eigenvalue weighted by Gasteiger charge is -2.09. The second kappa shape index (κ2) is 8.07. The van der Waals surface area contributed by atoms with Gasteiger partial charge < -0.3 is 9.84 Å². The van der Waals surface area contributed by atoms with Crippen molar-refractivity contribution in [1.29, 1.82) is 0 Å². The molecular formula is C10H22O4S. The Hall–Kier alpha value is -0.130. The first-order chi connectivity index (χ1) is 6.95. The monoisotopic (exact) mass is 238 g/mol. The molecule has 0 amide bonds. The highest BCUT2D eigenvalue weighted by Crippen LogP contribution is 2.06. The standard InChI is InChI=1S/C10H22O4S/c1-3-14-8-4-6-10(11)7-5-9-15(2,12)13/h10-11H,3-9H2,1-2H3. The summed E-state index contributed by atoms with van der Waals surface area (Å²) in [5, 5.41) is 9.49. The van der Waals surface area contributed by atoms with E-state index < -0.39 is 15.9 Å². The SMILES string of the molecule is CCOCCCC(O)CCCS(C)(=O)=O. The van der Waals surface area contributed by atoms with Gasteiger partial charge in [0, 0.05) is 25.2 Å². The molecule has 1 N–H and O–H groups in total. The molecule has 0 saturated heterocycles. The summed E-state index contributed by atoms with van der Waals surface area (Å²) in [5.41, 5.74) is 0. The first kappa shape index (κ1) is 14.9. The third-order valence-electron chi connectivity index (χ3n) is 2.08. The molecule has 5 heteroatoms. The van der Waals surface area contributed by atoms with Gasteiger partial charge in [0.25, 0.3) is 0 Å². The van der Waals surface area contributed by atoms with Crippen LogP contribution in [-0.4, -0.2) is 44.9 Å². The van der Waals surface area contributed by atoms with Gasteiger partial charge in [-0.15, -0.1) is 0 Å². The fourth-order valence-corrected chi connectivity index (χ4v) is 1.98. The fourth-order valence-electron chi connectivity index (χ4n) is 1.29. The Balaban J connectivity index is 3.37. The van der Waals surface area contributed by atoms with Crippen molar-refractivity contribution in [3.63, 3.8) is 0 Å². The second-order valence-electron chi connectivity index (χ2n) is 3.77. The Bertz CT molecular complexity index is 236. The van der Waals surface area contributed by atoms with E-state index in [0.717, 1.165) is 6.42 Å². The van der Waals surface area contributed by atoms with Crippen molar-refractivity contribution in [3.8, 4) is 0 Å².